The Hall–Kier alpha value is -2.40. The summed E-state index contributed by atoms with van der Waals surface area (Å²) < 4.78 is 0. The number of nitrogens with zero attached hydrogens (tertiary/aromatic N) is 1. The van der Waals surface area contributed by atoms with E-state index in [2.05, 4.69) is 5.32 Å². The third kappa shape index (κ3) is 3.53. The van der Waals surface area contributed by atoms with E-state index in [-0.39, 0.29) is 5.69 Å². The van der Waals surface area contributed by atoms with Gasteiger partial charge in [0, 0.05) is 30.9 Å². The molecule has 0 aliphatic carbocycles. The van der Waals surface area contributed by atoms with Gasteiger partial charge in [-0.3, -0.25) is 10.1 Å². The normalized spacial score (nSPS) is 10.2. The molecule has 0 saturated carbocycles. The van der Waals surface area contributed by atoms with E-state index in [1.165, 1.54) is 12.1 Å². The maximum Gasteiger partial charge on any atom is 0.269 e. The van der Waals surface area contributed by atoms with Crippen molar-refractivity contribution in [2.75, 3.05) is 5.32 Å². The van der Waals surface area contributed by atoms with Crippen LogP contribution in [0.5, 0.6) is 0 Å². The average molecular weight is 257 g/mol. The van der Waals surface area contributed by atoms with Crippen molar-refractivity contribution in [1.82, 2.24) is 0 Å². The first-order valence-electron chi connectivity index (χ1n) is 5.95. The van der Waals surface area contributed by atoms with E-state index in [4.69, 9.17) is 5.73 Å². The van der Waals surface area contributed by atoms with Crippen molar-refractivity contribution in [1.29, 1.82) is 0 Å². The van der Waals surface area contributed by atoms with Crippen molar-refractivity contribution in [3.8, 4) is 0 Å². The maximum absolute atomic E-state index is 10.5. The highest BCUT2D eigenvalue weighted by molar-refractivity contribution is 5.48. The fourth-order valence-corrected chi connectivity index (χ4v) is 1.70. The number of anilines is 1. The Morgan fingerprint density at radius 3 is 2.11 bits per heavy atom. The molecule has 0 saturated heterocycles. The average Bonchev–Trinajstić information content (AvgIpc) is 2.46. The fraction of sp³-hybridized carbons (Fsp3) is 0.143. The first-order chi connectivity index (χ1) is 9.19. The molecule has 0 atom stereocenters. The van der Waals surface area contributed by atoms with Crippen LogP contribution in [0.25, 0.3) is 0 Å². The van der Waals surface area contributed by atoms with E-state index in [9.17, 15) is 10.1 Å². The van der Waals surface area contributed by atoms with Crippen molar-refractivity contribution < 1.29 is 4.92 Å². The molecule has 0 aliphatic rings. The van der Waals surface area contributed by atoms with Gasteiger partial charge in [-0.05, 0) is 23.3 Å². The molecule has 0 radical (unpaired) electrons. The SMILES string of the molecule is NCc1ccc(CNc2ccc([N+](=O)[O-])cc2)cc1. The molecule has 0 heterocycles. The summed E-state index contributed by atoms with van der Waals surface area (Å²) in [6.45, 7) is 1.21. The van der Waals surface area contributed by atoms with Crippen LogP contribution in [-0.2, 0) is 13.1 Å². The van der Waals surface area contributed by atoms with Crippen LogP contribution >= 0.6 is 0 Å². The second-order valence-corrected chi connectivity index (χ2v) is 4.18. The van der Waals surface area contributed by atoms with Crippen molar-refractivity contribution >= 4 is 11.4 Å². The summed E-state index contributed by atoms with van der Waals surface area (Å²) in [5.41, 5.74) is 8.71. The maximum atomic E-state index is 10.5. The lowest BCUT2D eigenvalue weighted by Crippen LogP contribution is -2.01. The predicted molar refractivity (Wildman–Crippen MR) is 74.8 cm³/mol. The summed E-state index contributed by atoms with van der Waals surface area (Å²) in [6, 6.07) is 14.4. The van der Waals surface area contributed by atoms with Crippen molar-refractivity contribution in [2.24, 2.45) is 5.73 Å². The Balaban J connectivity index is 1.95. The van der Waals surface area contributed by atoms with Crippen LogP contribution in [0.3, 0.4) is 0 Å². The lowest BCUT2D eigenvalue weighted by Gasteiger charge is -2.07. The summed E-state index contributed by atoms with van der Waals surface area (Å²) in [4.78, 5) is 10.1. The summed E-state index contributed by atoms with van der Waals surface area (Å²) in [5.74, 6) is 0. The molecular weight excluding hydrogens is 242 g/mol. The minimum atomic E-state index is -0.407. The van der Waals surface area contributed by atoms with Crippen molar-refractivity contribution in [3.05, 3.63) is 69.8 Å². The third-order valence-corrected chi connectivity index (χ3v) is 2.83. The Morgan fingerprint density at radius 2 is 1.58 bits per heavy atom. The molecule has 0 spiro atoms. The largest absolute Gasteiger partial charge is 0.381 e. The number of hydrogen-bond acceptors (Lipinski definition) is 4. The minimum absolute atomic E-state index is 0.0952. The number of nitro benzene ring substituents is 1. The Labute approximate surface area is 111 Å². The molecule has 2 rings (SSSR count). The van der Waals surface area contributed by atoms with E-state index >= 15 is 0 Å². The van der Waals surface area contributed by atoms with E-state index in [1.807, 2.05) is 24.3 Å². The molecule has 0 amide bonds. The summed E-state index contributed by atoms with van der Waals surface area (Å²) in [5, 5.41) is 13.7. The standard InChI is InChI=1S/C14H15N3O2/c15-9-11-1-3-12(4-2-11)10-16-13-5-7-14(8-6-13)17(18)19/h1-8,16H,9-10,15H2. The first-order valence-corrected chi connectivity index (χ1v) is 5.95. The molecule has 0 fully saturated rings. The number of benzene rings is 2. The fourth-order valence-electron chi connectivity index (χ4n) is 1.70. The van der Waals surface area contributed by atoms with Crippen LogP contribution in [0.2, 0.25) is 0 Å². The number of non-ortho nitro benzene ring substituents is 1. The van der Waals surface area contributed by atoms with Gasteiger partial charge in [-0.1, -0.05) is 24.3 Å². The van der Waals surface area contributed by atoms with Gasteiger partial charge in [0.2, 0.25) is 0 Å². The van der Waals surface area contributed by atoms with Crippen LogP contribution < -0.4 is 11.1 Å². The molecule has 0 aromatic heterocycles. The highest BCUT2D eigenvalue weighted by Gasteiger charge is 2.03. The van der Waals surface area contributed by atoms with Gasteiger partial charge in [0.15, 0.2) is 0 Å². The van der Waals surface area contributed by atoms with Crippen LogP contribution in [0.4, 0.5) is 11.4 Å². The van der Waals surface area contributed by atoms with Crippen LogP contribution in [0.15, 0.2) is 48.5 Å². The summed E-state index contributed by atoms with van der Waals surface area (Å²) in [7, 11) is 0. The Kier molecular flexibility index (Phi) is 4.10. The van der Waals surface area contributed by atoms with Gasteiger partial charge in [0.25, 0.3) is 5.69 Å². The van der Waals surface area contributed by atoms with Crippen molar-refractivity contribution in [2.45, 2.75) is 13.1 Å². The zero-order chi connectivity index (χ0) is 13.7. The molecule has 3 N–H and O–H groups in total. The Morgan fingerprint density at radius 1 is 1.00 bits per heavy atom. The van der Waals surface area contributed by atoms with Gasteiger partial charge in [-0.15, -0.1) is 0 Å². The van der Waals surface area contributed by atoms with Gasteiger partial charge in [-0.25, -0.2) is 0 Å². The summed E-state index contributed by atoms with van der Waals surface area (Å²) in [6.07, 6.45) is 0. The van der Waals surface area contributed by atoms with E-state index < -0.39 is 4.92 Å². The molecule has 2 aromatic carbocycles. The molecule has 19 heavy (non-hydrogen) atoms. The van der Waals surface area contributed by atoms with Gasteiger partial charge < -0.3 is 11.1 Å². The molecular formula is C14H15N3O2. The number of rotatable bonds is 5. The zero-order valence-electron chi connectivity index (χ0n) is 10.4. The monoisotopic (exact) mass is 257 g/mol. The molecule has 0 unspecified atom stereocenters. The quantitative estimate of drug-likeness (QED) is 0.637. The van der Waals surface area contributed by atoms with Crippen LogP contribution in [0, 0.1) is 10.1 Å². The topological polar surface area (TPSA) is 81.2 Å². The highest BCUT2D eigenvalue weighted by atomic mass is 16.6. The van der Waals surface area contributed by atoms with Crippen LogP contribution in [0.1, 0.15) is 11.1 Å². The molecule has 2 aromatic rings. The number of nitro groups is 1. The second kappa shape index (κ2) is 5.97. The minimum Gasteiger partial charge on any atom is -0.381 e. The predicted octanol–water partition coefficient (Wildman–Crippen LogP) is 2.67. The summed E-state index contributed by atoms with van der Waals surface area (Å²) >= 11 is 0. The lowest BCUT2D eigenvalue weighted by molar-refractivity contribution is -0.384. The number of hydrogen-bond donors (Lipinski definition) is 2. The molecule has 0 aliphatic heterocycles. The van der Waals surface area contributed by atoms with Crippen LogP contribution in [-0.4, -0.2) is 4.92 Å². The molecule has 5 heteroatoms. The van der Waals surface area contributed by atoms with Gasteiger partial charge in [0.05, 0.1) is 4.92 Å². The van der Waals surface area contributed by atoms with Gasteiger partial charge >= 0.3 is 0 Å². The second-order valence-electron chi connectivity index (χ2n) is 4.18. The van der Waals surface area contributed by atoms with E-state index in [0.29, 0.717) is 13.1 Å². The number of nitrogens with two attached hydrogens (primary N) is 1. The van der Waals surface area contributed by atoms with E-state index in [1.54, 1.807) is 12.1 Å². The van der Waals surface area contributed by atoms with Crippen molar-refractivity contribution in [3.63, 3.8) is 0 Å². The lowest BCUT2D eigenvalue weighted by atomic mass is 10.1. The third-order valence-electron chi connectivity index (χ3n) is 2.83. The first kappa shape index (κ1) is 13.0. The van der Waals surface area contributed by atoms with Gasteiger partial charge in [-0.2, -0.15) is 0 Å². The Bertz CT molecular complexity index is 550. The smallest absolute Gasteiger partial charge is 0.269 e. The van der Waals surface area contributed by atoms with Gasteiger partial charge in [0.1, 0.15) is 0 Å². The van der Waals surface area contributed by atoms with E-state index in [0.717, 1.165) is 16.8 Å². The zero-order valence-corrected chi connectivity index (χ0v) is 10.4. The highest BCUT2D eigenvalue weighted by Crippen LogP contribution is 2.16. The number of nitrogens with one attached hydrogen (secondary N) is 1. The molecule has 5 nitrogen and oxygen atoms in total. The molecule has 98 valence electrons. The molecule has 0 bridgehead atoms.